The first-order valence-electron chi connectivity index (χ1n) is 13.1. The molecule has 2 amide bonds. The monoisotopic (exact) mass is 498 g/mol. The zero-order valence-corrected chi connectivity index (χ0v) is 21.7. The standard InChI is InChI=1S/C31H34N2O4/c1-4-28(30(34)32-24-11-14-25(36-3)15-12-24)37-26-13-10-21-16-17-33(31(35)22-8-9-22)29(27(21)19-26)23-7-5-6-20(2)18-23/h5-7,10-15,18-19,22,28-29H,4,8-9,16-17H2,1-3H3,(H,32,34)/t28-,29-/m1/s1. The molecule has 1 saturated carbocycles. The summed E-state index contributed by atoms with van der Waals surface area (Å²) in [6, 6.07) is 21.5. The molecule has 2 aliphatic rings. The highest BCUT2D eigenvalue weighted by molar-refractivity contribution is 5.94. The molecule has 3 aromatic carbocycles. The van der Waals surface area contributed by atoms with Gasteiger partial charge in [0.2, 0.25) is 5.91 Å². The Morgan fingerprint density at radius 2 is 1.78 bits per heavy atom. The largest absolute Gasteiger partial charge is 0.497 e. The molecule has 0 spiro atoms. The molecule has 37 heavy (non-hydrogen) atoms. The van der Waals surface area contributed by atoms with Gasteiger partial charge in [-0.2, -0.15) is 0 Å². The molecule has 1 fully saturated rings. The number of carbonyl (C=O) groups is 2. The number of carbonyl (C=O) groups excluding carboxylic acids is 2. The van der Waals surface area contributed by atoms with Crippen LogP contribution >= 0.6 is 0 Å². The van der Waals surface area contributed by atoms with Gasteiger partial charge in [0.1, 0.15) is 11.5 Å². The van der Waals surface area contributed by atoms with Crippen molar-refractivity contribution in [1.29, 1.82) is 0 Å². The molecule has 1 N–H and O–H groups in total. The summed E-state index contributed by atoms with van der Waals surface area (Å²) < 4.78 is 11.4. The lowest BCUT2D eigenvalue weighted by Crippen LogP contribution is -2.41. The van der Waals surface area contributed by atoms with Crippen LogP contribution in [-0.2, 0) is 16.0 Å². The van der Waals surface area contributed by atoms with E-state index in [1.54, 1.807) is 31.4 Å². The predicted molar refractivity (Wildman–Crippen MR) is 144 cm³/mol. The maximum absolute atomic E-state index is 13.3. The average molecular weight is 499 g/mol. The fourth-order valence-electron chi connectivity index (χ4n) is 5.05. The molecule has 0 radical (unpaired) electrons. The summed E-state index contributed by atoms with van der Waals surface area (Å²) in [5.41, 5.74) is 5.25. The number of fused-ring (bicyclic) bond motifs is 1. The molecule has 3 aromatic rings. The summed E-state index contributed by atoms with van der Waals surface area (Å²) in [6.45, 7) is 4.72. The summed E-state index contributed by atoms with van der Waals surface area (Å²) in [7, 11) is 1.61. The maximum Gasteiger partial charge on any atom is 0.265 e. The van der Waals surface area contributed by atoms with Gasteiger partial charge < -0.3 is 19.7 Å². The summed E-state index contributed by atoms with van der Waals surface area (Å²) in [5.74, 6) is 1.56. The SMILES string of the molecule is CC[C@@H](Oc1ccc2c(c1)[C@@H](c1cccc(C)c1)N(C(=O)C1CC1)CC2)C(=O)Nc1ccc(OC)cc1. The molecule has 0 unspecified atom stereocenters. The van der Waals surface area contributed by atoms with E-state index in [2.05, 4.69) is 42.6 Å². The number of aryl methyl sites for hydroxylation is 1. The van der Waals surface area contributed by atoms with E-state index >= 15 is 0 Å². The minimum absolute atomic E-state index is 0.152. The molecular formula is C31H34N2O4. The molecule has 1 heterocycles. The summed E-state index contributed by atoms with van der Waals surface area (Å²) >= 11 is 0. The van der Waals surface area contributed by atoms with Crippen LogP contribution in [0, 0.1) is 12.8 Å². The molecule has 1 aliphatic carbocycles. The Kier molecular flexibility index (Phi) is 7.17. The van der Waals surface area contributed by atoms with E-state index < -0.39 is 6.10 Å². The first kappa shape index (κ1) is 24.9. The number of nitrogens with one attached hydrogen (secondary N) is 1. The van der Waals surface area contributed by atoms with Crippen molar-refractivity contribution in [3.63, 3.8) is 0 Å². The highest BCUT2D eigenvalue weighted by atomic mass is 16.5. The van der Waals surface area contributed by atoms with Gasteiger partial charge in [-0.1, -0.05) is 42.8 Å². The Bertz CT molecular complexity index is 1280. The van der Waals surface area contributed by atoms with Gasteiger partial charge in [-0.3, -0.25) is 9.59 Å². The van der Waals surface area contributed by atoms with Crippen LogP contribution in [0.25, 0.3) is 0 Å². The minimum atomic E-state index is -0.648. The number of anilines is 1. The highest BCUT2D eigenvalue weighted by Crippen LogP contribution is 2.41. The Hall–Kier alpha value is -3.80. The molecular weight excluding hydrogens is 464 g/mol. The molecule has 0 saturated heterocycles. The van der Waals surface area contributed by atoms with Crippen LogP contribution in [0.5, 0.6) is 11.5 Å². The highest BCUT2D eigenvalue weighted by Gasteiger charge is 2.39. The quantitative estimate of drug-likeness (QED) is 0.434. The molecule has 192 valence electrons. The number of rotatable bonds is 8. The number of nitrogens with zero attached hydrogens (tertiary/aromatic N) is 1. The van der Waals surface area contributed by atoms with Gasteiger partial charge in [-0.05, 0) is 85.7 Å². The lowest BCUT2D eigenvalue weighted by Gasteiger charge is -2.38. The van der Waals surface area contributed by atoms with Crippen LogP contribution in [-0.4, -0.2) is 36.5 Å². The van der Waals surface area contributed by atoms with E-state index in [1.165, 1.54) is 5.56 Å². The van der Waals surface area contributed by atoms with Crippen LogP contribution in [0.4, 0.5) is 5.69 Å². The molecule has 1 aliphatic heterocycles. The fourth-order valence-corrected chi connectivity index (χ4v) is 5.05. The third-order valence-electron chi connectivity index (χ3n) is 7.21. The second kappa shape index (κ2) is 10.7. The zero-order chi connectivity index (χ0) is 25.9. The van der Waals surface area contributed by atoms with Gasteiger partial charge in [-0.25, -0.2) is 0 Å². The average Bonchev–Trinajstić information content (AvgIpc) is 3.76. The van der Waals surface area contributed by atoms with E-state index in [9.17, 15) is 9.59 Å². The van der Waals surface area contributed by atoms with E-state index in [0.29, 0.717) is 24.4 Å². The van der Waals surface area contributed by atoms with Crippen LogP contribution in [0.15, 0.2) is 66.7 Å². The van der Waals surface area contributed by atoms with Crippen molar-refractivity contribution < 1.29 is 19.1 Å². The minimum Gasteiger partial charge on any atom is -0.497 e. The van der Waals surface area contributed by atoms with Crippen molar-refractivity contribution in [3.8, 4) is 11.5 Å². The molecule has 0 aromatic heterocycles. The number of hydrogen-bond donors (Lipinski definition) is 1. The topological polar surface area (TPSA) is 67.9 Å². The Morgan fingerprint density at radius 1 is 1.03 bits per heavy atom. The Balaban J connectivity index is 1.41. The van der Waals surface area contributed by atoms with Gasteiger partial charge in [0.05, 0.1) is 13.2 Å². The van der Waals surface area contributed by atoms with Gasteiger partial charge >= 0.3 is 0 Å². The van der Waals surface area contributed by atoms with Gasteiger partial charge in [0.15, 0.2) is 6.10 Å². The van der Waals surface area contributed by atoms with Gasteiger partial charge in [0.25, 0.3) is 5.91 Å². The van der Waals surface area contributed by atoms with E-state index in [-0.39, 0.29) is 23.8 Å². The van der Waals surface area contributed by atoms with E-state index in [1.807, 2.05) is 24.0 Å². The second-order valence-corrected chi connectivity index (χ2v) is 9.97. The summed E-state index contributed by atoms with van der Waals surface area (Å²) in [6.07, 6.45) is 2.64. The van der Waals surface area contributed by atoms with Crippen molar-refractivity contribution in [2.24, 2.45) is 5.92 Å². The van der Waals surface area contributed by atoms with E-state index in [4.69, 9.17) is 9.47 Å². The van der Waals surface area contributed by atoms with Crippen molar-refractivity contribution >= 4 is 17.5 Å². The van der Waals surface area contributed by atoms with Crippen LogP contribution in [0.2, 0.25) is 0 Å². The van der Waals surface area contributed by atoms with Crippen LogP contribution < -0.4 is 14.8 Å². The number of benzene rings is 3. The van der Waals surface area contributed by atoms with E-state index in [0.717, 1.165) is 41.7 Å². The van der Waals surface area contributed by atoms with Crippen LogP contribution in [0.3, 0.4) is 0 Å². The first-order chi connectivity index (χ1) is 18.0. The van der Waals surface area contributed by atoms with Crippen molar-refractivity contribution in [2.75, 3.05) is 19.0 Å². The molecule has 5 rings (SSSR count). The zero-order valence-electron chi connectivity index (χ0n) is 21.7. The molecule has 6 heteroatoms. The number of hydrogen-bond acceptors (Lipinski definition) is 4. The maximum atomic E-state index is 13.3. The lowest BCUT2D eigenvalue weighted by atomic mass is 9.87. The Labute approximate surface area is 218 Å². The normalized spacial score (nSPS) is 17.5. The molecule has 2 atom stereocenters. The first-order valence-corrected chi connectivity index (χ1v) is 13.1. The smallest absolute Gasteiger partial charge is 0.265 e. The predicted octanol–water partition coefficient (Wildman–Crippen LogP) is 5.68. The van der Waals surface area contributed by atoms with Crippen molar-refractivity contribution in [1.82, 2.24) is 4.90 Å². The van der Waals surface area contributed by atoms with Crippen molar-refractivity contribution in [2.45, 2.75) is 51.7 Å². The Morgan fingerprint density at radius 3 is 2.46 bits per heavy atom. The summed E-state index contributed by atoms with van der Waals surface area (Å²) in [5, 5.41) is 2.94. The molecule has 0 bridgehead atoms. The van der Waals surface area contributed by atoms with Gasteiger partial charge in [-0.15, -0.1) is 0 Å². The number of amides is 2. The third kappa shape index (κ3) is 5.48. The lowest BCUT2D eigenvalue weighted by molar-refractivity contribution is -0.134. The molecule has 6 nitrogen and oxygen atoms in total. The number of ether oxygens (including phenoxy) is 2. The second-order valence-electron chi connectivity index (χ2n) is 9.97. The van der Waals surface area contributed by atoms with Crippen molar-refractivity contribution in [3.05, 3.63) is 89.0 Å². The van der Waals surface area contributed by atoms with Gasteiger partial charge in [0, 0.05) is 18.2 Å². The third-order valence-corrected chi connectivity index (χ3v) is 7.21. The number of methoxy groups -OCH3 is 1. The fraction of sp³-hybridized carbons (Fsp3) is 0.355. The van der Waals surface area contributed by atoms with Crippen LogP contribution in [0.1, 0.15) is 54.5 Å². The summed E-state index contributed by atoms with van der Waals surface area (Å²) in [4.78, 5) is 28.4.